The molecule has 0 unspecified atom stereocenters. The van der Waals surface area contributed by atoms with E-state index in [-0.39, 0.29) is 0 Å². The van der Waals surface area contributed by atoms with Crippen molar-refractivity contribution in [2.75, 3.05) is 6.61 Å². The Morgan fingerprint density at radius 2 is 2.21 bits per heavy atom. The van der Waals surface area contributed by atoms with E-state index in [2.05, 4.69) is 27.0 Å². The van der Waals surface area contributed by atoms with Crippen LogP contribution < -0.4 is 10.5 Å². The highest BCUT2D eigenvalue weighted by Gasteiger charge is 2.08. The van der Waals surface area contributed by atoms with Crippen molar-refractivity contribution < 1.29 is 4.74 Å². The minimum Gasteiger partial charge on any atom is -0.493 e. The summed E-state index contributed by atoms with van der Waals surface area (Å²) >= 11 is 3.47. The predicted octanol–water partition coefficient (Wildman–Crippen LogP) is 3.23. The van der Waals surface area contributed by atoms with Crippen molar-refractivity contribution in [1.29, 1.82) is 0 Å². The monoisotopic (exact) mass is 320 g/mol. The van der Waals surface area contributed by atoms with Gasteiger partial charge in [0.05, 0.1) is 6.61 Å². The van der Waals surface area contributed by atoms with Crippen LogP contribution in [-0.4, -0.2) is 11.6 Å². The molecule has 0 saturated carbocycles. The molecule has 4 heteroatoms. The summed E-state index contributed by atoms with van der Waals surface area (Å²) in [5.74, 6) is 0.898. The molecule has 1 aromatic heterocycles. The molecule has 0 aliphatic rings. The SMILES string of the molecule is Cc1cc(Br)cc(CN)c1OCCc1cccnc1. The van der Waals surface area contributed by atoms with Crippen molar-refractivity contribution in [3.63, 3.8) is 0 Å². The molecule has 0 spiro atoms. The molecule has 0 fully saturated rings. The van der Waals surface area contributed by atoms with E-state index in [1.165, 1.54) is 5.56 Å². The van der Waals surface area contributed by atoms with Gasteiger partial charge >= 0.3 is 0 Å². The Balaban J connectivity index is 2.03. The normalized spacial score (nSPS) is 10.5. The molecule has 19 heavy (non-hydrogen) atoms. The van der Waals surface area contributed by atoms with Crippen molar-refractivity contribution in [3.8, 4) is 5.75 Å². The van der Waals surface area contributed by atoms with E-state index in [1.54, 1.807) is 6.20 Å². The van der Waals surface area contributed by atoms with Gasteiger partial charge in [-0.2, -0.15) is 0 Å². The molecule has 100 valence electrons. The number of benzene rings is 1. The van der Waals surface area contributed by atoms with Crippen LogP contribution in [0.25, 0.3) is 0 Å². The molecule has 0 saturated heterocycles. The minimum absolute atomic E-state index is 0.475. The summed E-state index contributed by atoms with van der Waals surface area (Å²) in [5, 5.41) is 0. The smallest absolute Gasteiger partial charge is 0.126 e. The van der Waals surface area contributed by atoms with Gasteiger partial charge in [-0.1, -0.05) is 22.0 Å². The molecule has 0 aliphatic carbocycles. The molecule has 3 nitrogen and oxygen atoms in total. The summed E-state index contributed by atoms with van der Waals surface area (Å²) in [6.07, 6.45) is 4.48. The second kappa shape index (κ2) is 6.68. The van der Waals surface area contributed by atoms with E-state index >= 15 is 0 Å². The molecule has 1 heterocycles. The lowest BCUT2D eigenvalue weighted by atomic mass is 10.1. The van der Waals surface area contributed by atoms with Gasteiger partial charge in [0.2, 0.25) is 0 Å². The Morgan fingerprint density at radius 3 is 2.89 bits per heavy atom. The number of nitrogens with two attached hydrogens (primary N) is 1. The molecule has 2 rings (SSSR count). The summed E-state index contributed by atoms with van der Waals surface area (Å²) in [4.78, 5) is 4.09. The number of aromatic nitrogens is 1. The van der Waals surface area contributed by atoms with E-state index in [0.29, 0.717) is 13.2 Å². The van der Waals surface area contributed by atoms with Gasteiger partial charge in [-0.25, -0.2) is 0 Å². The maximum atomic E-state index is 5.89. The third-order valence-corrected chi connectivity index (χ3v) is 3.35. The van der Waals surface area contributed by atoms with E-state index in [4.69, 9.17) is 10.5 Å². The first-order valence-corrected chi connectivity index (χ1v) is 7.01. The lowest BCUT2D eigenvalue weighted by molar-refractivity contribution is 0.316. The highest BCUT2D eigenvalue weighted by molar-refractivity contribution is 9.10. The van der Waals surface area contributed by atoms with Crippen LogP contribution in [0.4, 0.5) is 0 Å². The van der Waals surface area contributed by atoms with E-state index in [0.717, 1.165) is 27.8 Å². The Kier molecular flexibility index (Phi) is 4.93. The molecule has 0 atom stereocenters. The van der Waals surface area contributed by atoms with Gasteiger partial charge in [0.25, 0.3) is 0 Å². The highest BCUT2D eigenvalue weighted by atomic mass is 79.9. The third-order valence-electron chi connectivity index (χ3n) is 2.90. The van der Waals surface area contributed by atoms with Gasteiger partial charge in [-0.05, 0) is 36.2 Å². The van der Waals surface area contributed by atoms with Crippen LogP contribution in [0.15, 0.2) is 41.1 Å². The zero-order chi connectivity index (χ0) is 13.7. The molecule has 2 N–H and O–H groups in total. The topological polar surface area (TPSA) is 48.1 Å². The first-order chi connectivity index (χ1) is 9.20. The van der Waals surface area contributed by atoms with Crippen molar-refractivity contribution >= 4 is 15.9 Å². The maximum absolute atomic E-state index is 5.89. The fraction of sp³-hybridized carbons (Fsp3) is 0.267. The molecule has 0 bridgehead atoms. The van der Waals surface area contributed by atoms with Gasteiger partial charge in [-0.3, -0.25) is 4.98 Å². The van der Waals surface area contributed by atoms with Gasteiger partial charge < -0.3 is 10.5 Å². The van der Waals surface area contributed by atoms with Crippen LogP contribution in [0.5, 0.6) is 5.75 Å². The number of ether oxygens (including phenoxy) is 1. The quantitative estimate of drug-likeness (QED) is 0.920. The van der Waals surface area contributed by atoms with Crippen LogP contribution >= 0.6 is 15.9 Å². The van der Waals surface area contributed by atoms with Crippen LogP contribution in [0.2, 0.25) is 0 Å². The first-order valence-electron chi connectivity index (χ1n) is 6.21. The lowest BCUT2D eigenvalue weighted by Crippen LogP contribution is -2.07. The van der Waals surface area contributed by atoms with Crippen LogP contribution in [-0.2, 0) is 13.0 Å². The summed E-state index contributed by atoms with van der Waals surface area (Å²) in [6.45, 7) is 3.13. The Hall–Kier alpha value is -1.39. The lowest BCUT2D eigenvalue weighted by Gasteiger charge is -2.14. The average Bonchev–Trinajstić information content (AvgIpc) is 2.42. The fourth-order valence-electron chi connectivity index (χ4n) is 1.97. The van der Waals surface area contributed by atoms with Gasteiger partial charge in [0, 0.05) is 35.4 Å². The van der Waals surface area contributed by atoms with Crippen LogP contribution in [0.3, 0.4) is 0 Å². The fourth-order valence-corrected chi connectivity index (χ4v) is 2.59. The van der Waals surface area contributed by atoms with Gasteiger partial charge in [0.1, 0.15) is 5.75 Å². The number of rotatable bonds is 5. The van der Waals surface area contributed by atoms with Crippen LogP contribution in [0, 0.1) is 6.92 Å². The Bertz CT molecular complexity index is 543. The van der Waals surface area contributed by atoms with E-state index < -0.39 is 0 Å². The van der Waals surface area contributed by atoms with Crippen LogP contribution in [0.1, 0.15) is 16.7 Å². The number of nitrogens with zero attached hydrogens (tertiary/aromatic N) is 1. The molecule has 0 aliphatic heterocycles. The standard InChI is InChI=1S/C15H17BrN2O/c1-11-7-14(16)8-13(9-17)15(11)19-6-4-12-3-2-5-18-10-12/h2-3,5,7-8,10H,4,6,9,17H2,1H3. The molecular formula is C15H17BrN2O. The van der Waals surface area contributed by atoms with Crippen molar-refractivity contribution in [1.82, 2.24) is 4.98 Å². The number of halogens is 1. The molecule has 0 amide bonds. The number of hydrogen-bond donors (Lipinski definition) is 1. The maximum Gasteiger partial charge on any atom is 0.126 e. The van der Waals surface area contributed by atoms with E-state index in [1.807, 2.05) is 31.3 Å². The number of hydrogen-bond acceptors (Lipinski definition) is 3. The zero-order valence-electron chi connectivity index (χ0n) is 10.9. The second-order valence-electron chi connectivity index (χ2n) is 4.37. The summed E-state index contributed by atoms with van der Waals surface area (Å²) in [5.41, 5.74) is 9.06. The Labute approximate surface area is 121 Å². The Morgan fingerprint density at radius 1 is 1.37 bits per heavy atom. The van der Waals surface area contributed by atoms with E-state index in [9.17, 15) is 0 Å². The van der Waals surface area contributed by atoms with Gasteiger partial charge in [0.15, 0.2) is 0 Å². The predicted molar refractivity (Wildman–Crippen MR) is 80.2 cm³/mol. The van der Waals surface area contributed by atoms with Crippen molar-refractivity contribution in [2.24, 2.45) is 5.73 Å². The second-order valence-corrected chi connectivity index (χ2v) is 5.29. The molecule has 0 radical (unpaired) electrons. The van der Waals surface area contributed by atoms with Gasteiger partial charge in [-0.15, -0.1) is 0 Å². The van der Waals surface area contributed by atoms with Crippen molar-refractivity contribution in [3.05, 3.63) is 57.8 Å². The minimum atomic E-state index is 0.475. The third kappa shape index (κ3) is 3.78. The largest absolute Gasteiger partial charge is 0.493 e. The molecule has 1 aromatic carbocycles. The highest BCUT2D eigenvalue weighted by Crippen LogP contribution is 2.27. The molecular weight excluding hydrogens is 304 g/mol. The summed E-state index contributed by atoms with van der Waals surface area (Å²) in [6, 6.07) is 8.03. The molecule has 2 aromatic rings. The number of pyridine rings is 1. The zero-order valence-corrected chi connectivity index (χ0v) is 12.5. The number of aryl methyl sites for hydroxylation is 1. The summed E-state index contributed by atoms with van der Waals surface area (Å²) < 4.78 is 6.92. The van der Waals surface area contributed by atoms with Crippen molar-refractivity contribution in [2.45, 2.75) is 19.9 Å². The summed E-state index contributed by atoms with van der Waals surface area (Å²) in [7, 11) is 0. The average molecular weight is 321 g/mol. The first kappa shape index (κ1) is 14.0.